The maximum Gasteiger partial charge on any atom is 0.222 e. The summed E-state index contributed by atoms with van der Waals surface area (Å²) in [4.78, 5) is 0. The van der Waals surface area contributed by atoms with Gasteiger partial charge in [-0.05, 0) is 13.8 Å². The Morgan fingerprint density at radius 3 is 1.81 bits per heavy atom. The molecule has 2 aromatic carbocycles. The van der Waals surface area contributed by atoms with E-state index in [1.165, 1.54) is 11.1 Å². The molecular formula is C18H19BrO2. The monoisotopic (exact) mass is 346 g/mol. The zero-order chi connectivity index (χ0) is 14.9. The molecule has 2 aromatic rings. The molecule has 0 aromatic heterocycles. The number of hydrogen-bond donors (Lipinski definition) is 0. The van der Waals surface area contributed by atoms with Crippen LogP contribution in [0.5, 0.6) is 0 Å². The largest absolute Gasteiger partial charge is 0.339 e. The van der Waals surface area contributed by atoms with Crippen LogP contribution in [0.3, 0.4) is 0 Å². The van der Waals surface area contributed by atoms with Gasteiger partial charge >= 0.3 is 0 Å². The van der Waals surface area contributed by atoms with E-state index in [-0.39, 0.29) is 6.10 Å². The van der Waals surface area contributed by atoms with E-state index in [1.54, 1.807) is 0 Å². The lowest BCUT2D eigenvalue weighted by atomic mass is 9.95. The average Bonchev–Trinajstić information content (AvgIpc) is 2.94. The first kappa shape index (κ1) is 14.8. The molecule has 0 amide bonds. The van der Waals surface area contributed by atoms with Crippen LogP contribution in [0.2, 0.25) is 0 Å². The van der Waals surface area contributed by atoms with E-state index in [9.17, 15) is 0 Å². The minimum atomic E-state index is -0.792. The molecule has 0 N–H and O–H groups in total. The average molecular weight is 347 g/mol. The van der Waals surface area contributed by atoms with Crippen molar-refractivity contribution >= 4 is 15.9 Å². The highest BCUT2D eigenvalue weighted by molar-refractivity contribution is 9.09. The molecule has 0 saturated carbocycles. The topological polar surface area (TPSA) is 18.5 Å². The highest BCUT2D eigenvalue weighted by Crippen LogP contribution is 2.41. The number of benzene rings is 2. The molecule has 1 heterocycles. The second-order valence-corrected chi connectivity index (χ2v) is 6.20. The third-order valence-corrected chi connectivity index (χ3v) is 4.56. The van der Waals surface area contributed by atoms with Crippen LogP contribution < -0.4 is 0 Å². The van der Waals surface area contributed by atoms with Crippen LogP contribution in [0.4, 0.5) is 0 Å². The zero-order valence-corrected chi connectivity index (χ0v) is 13.9. The summed E-state index contributed by atoms with van der Waals surface area (Å²) in [6.45, 7) is 4.76. The highest BCUT2D eigenvalue weighted by atomic mass is 79.9. The van der Waals surface area contributed by atoms with E-state index in [0.717, 1.165) is 16.5 Å². The molecule has 2 nitrogen and oxygen atoms in total. The van der Waals surface area contributed by atoms with Gasteiger partial charge in [0.1, 0.15) is 0 Å². The third kappa shape index (κ3) is 2.78. The van der Waals surface area contributed by atoms with Gasteiger partial charge in [-0.15, -0.1) is 0 Å². The Bertz CT molecular complexity index is 559. The molecule has 3 heteroatoms. The molecule has 1 atom stereocenters. The van der Waals surface area contributed by atoms with Crippen LogP contribution in [0.15, 0.2) is 48.5 Å². The second-order valence-electron chi connectivity index (χ2n) is 5.55. The number of alkyl halides is 1. The Labute approximate surface area is 134 Å². The molecule has 0 unspecified atom stereocenters. The lowest BCUT2D eigenvalue weighted by Gasteiger charge is -2.29. The van der Waals surface area contributed by atoms with Gasteiger partial charge in [-0.2, -0.15) is 0 Å². The first-order chi connectivity index (χ1) is 10.1. The lowest BCUT2D eigenvalue weighted by molar-refractivity contribution is -0.139. The summed E-state index contributed by atoms with van der Waals surface area (Å²) in [6.07, 6.45) is 0.0626. The summed E-state index contributed by atoms with van der Waals surface area (Å²) in [5.74, 6) is -0.792. The smallest absolute Gasteiger partial charge is 0.222 e. The number of rotatable bonds is 3. The van der Waals surface area contributed by atoms with E-state index in [1.807, 2.05) is 0 Å². The van der Waals surface area contributed by atoms with Crippen molar-refractivity contribution < 1.29 is 9.47 Å². The molecular weight excluding hydrogens is 328 g/mol. The minimum Gasteiger partial charge on any atom is -0.339 e. The molecule has 0 aliphatic carbocycles. The van der Waals surface area contributed by atoms with Crippen molar-refractivity contribution in [1.82, 2.24) is 0 Å². The molecule has 1 fully saturated rings. The summed E-state index contributed by atoms with van der Waals surface area (Å²) >= 11 is 3.49. The molecule has 0 radical (unpaired) electrons. The molecule has 3 rings (SSSR count). The van der Waals surface area contributed by atoms with Gasteiger partial charge in [0.15, 0.2) is 0 Å². The first-order valence-corrected chi connectivity index (χ1v) is 8.28. The lowest BCUT2D eigenvalue weighted by Crippen LogP contribution is -2.30. The van der Waals surface area contributed by atoms with Crippen molar-refractivity contribution in [2.24, 2.45) is 0 Å². The Morgan fingerprint density at radius 2 is 1.43 bits per heavy atom. The summed E-state index contributed by atoms with van der Waals surface area (Å²) in [6, 6.07) is 16.7. The zero-order valence-electron chi connectivity index (χ0n) is 12.3. The fourth-order valence-electron chi connectivity index (χ4n) is 2.60. The fraction of sp³-hybridized carbons (Fsp3) is 0.333. The van der Waals surface area contributed by atoms with Gasteiger partial charge in [0.2, 0.25) is 5.79 Å². The van der Waals surface area contributed by atoms with Crippen molar-refractivity contribution in [1.29, 1.82) is 0 Å². The van der Waals surface area contributed by atoms with Crippen molar-refractivity contribution in [2.75, 3.05) is 11.9 Å². The maximum absolute atomic E-state index is 6.28. The highest BCUT2D eigenvalue weighted by Gasteiger charge is 2.44. The van der Waals surface area contributed by atoms with E-state index in [4.69, 9.17) is 9.47 Å². The van der Waals surface area contributed by atoms with E-state index < -0.39 is 5.79 Å². The van der Waals surface area contributed by atoms with Crippen LogP contribution in [0, 0.1) is 13.8 Å². The first-order valence-electron chi connectivity index (χ1n) is 7.16. The Morgan fingerprint density at radius 1 is 0.952 bits per heavy atom. The van der Waals surface area contributed by atoms with Crippen molar-refractivity contribution in [2.45, 2.75) is 25.7 Å². The van der Waals surface area contributed by atoms with Crippen LogP contribution >= 0.6 is 15.9 Å². The maximum atomic E-state index is 6.28. The Kier molecular flexibility index (Phi) is 4.16. The number of ether oxygens (including phenoxy) is 2. The number of aryl methyl sites for hydroxylation is 2. The summed E-state index contributed by atoms with van der Waals surface area (Å²) in [5, 5.41) is 0.770. The van der Waals surface area contributed by atoms with E-state index in [0.29, 0.717) is 6.61 Å². The van der Waals surface area contributed by atoms with Crippen LogP contribution in [-0.2, 0) is 15.3 Å². The van der Waals surface area contributed by atoms with Gasteiger partial charge in [-0.3, -0.25) is 0 Å². The standard InChI is InChI=1S/C18H19BrO2/c1-13-3-7-15(8-4-13)18(20-12-17(11-19)21-18)16-9-5-14(2)6-10-16/h3-10,17H,11-12H2,1-2H3/t17-/m0/s1. The summed E-state index contributed by atoms with van der Waals surface area (Å²) < 4.78 is 12.4. The molecule has 1 aliphatic heterocycles. The van der Waals surface area contributed by atoms with Gasteiger partial charge in [-0.1, -0.05) is 75.6 Å². The Balaban J connectivity index is 2.07. The van der Waals surface area contributed by atoms with Gasteiger partial charge in [-0.25, -0.2) is 0 Å². The van der Waals surface area contributed by atoms with Crippen molar-refractivity contribution in [3.8, 4) is 0 Å². The summed E-state index contributed by atoms with van der Waals surface area (Å²) in [7, 11) is 0. The molecule has 110 valence electrons. The number of halogens is 1. The second kappa shape index (κ2) is 5.91. The van der Waals surface area contributed by atoms with Gasteiger partial charge in [0.05, 0.1) is 12.7 Å². The molecule has 0 spiro atoms. The van der Waals surface area contributed by atoms with Gasteiger partial charge in [0.25, 0.3) is 0 Å². The molecule has 0 bridgehead atoms. The van der Waals surface area contributed by atoms with E-state index in [2.05, 4.69) is 78.3 Å². The molecule has 21 heavy (non-hydrogen) atoms. The van der Waals surface area contributed by atoms with Crippen LogP contribution in [0.25, 0.3) is 0 Å². The minimum absolute atomic E-state index is 0.0626. The predicted molar refractivity (Wildman–Crippen MR) is 87.8 cm³/mol. The molecule has 1 aliphatic rings. The fourth-order valence-corrected chi connectivity index (χ4v) is 2.92. The SMILES string of the molecule is Cc1ccc(C2(c3ccc(C)cc3)OC[C@H](CBr)O2)cc1. The van der Waals surface area contributed by atoms with Gasteiger partial charge < -0.3 is 9.47 Å². The summed E-state index contributed by atoms with van der Waals surface area (Å²) in [5.41, 5.74) is 4.54. The van der Waals surface area contributed by atoms with Gasteiger partial charge in [0, 0.05) is 16.5 Å². The molecule has 1 saturated heterocycles. The van der Waals surface area contributed by atoms with Crippen LogP contribution in [-0.4, -0.2) is 18.0 Å². The Hall–Kier alpha value is -1.16. The van der Waals surface area contributed by atoms with Crippen LogP contribution in [0.1, 0.15) is 22.3 Å². The van der Waals surface area contributed by atoms with Crippen molar-refractivity contribution in [3.63, 3.8) is 0 Å². The normalized spacial score (nSPS) is 20.6. The van der Waals surface area contributed by atoms with Crippen molar-refractivity contribution in [3.05, 3.63) is 70.8 Å². The third-order valence-electron chi connectivity index (χ3n) is 3.84. The number of hydrogen-bond acceptors (Lipinski definition) is 2. The quantitative estimate of drug-likeness (QED) is 0.770. The predicted octanol–water partition coefficient (Wildman–Crippen LogP) is 4.31. The van der Waals surface area contributed by atoms with E-state index >= 15 is 0 Å².